The second-order valence-corrected chi connectivity index (χ2v) is 10.8. The molecule has 0 aromatic heterocycles. The average Bonchev–Trinajstić information content (AvgIpc) is 3.21. The number of imide groups is 1. The number of hydrogen-bond donors (Lipinski definition) is 5. The summed E-state index contributed by atoms with van der Waals surface area (Å²) in [4.78, 5) is 59.9. The quantitative estimate of drug-likeness (QED) is 0.0920. The lowest BCUT2D eigenvalue weighted by Gasteiger charge is -2.38. The predicted molar refractivity (Wildman–Crippen MR) is 149 cm³/mol. The van der Waals surface area contributed by atoms with Crippen LogP contribution < -0.4 is 14.8 Å². The minimum absolute atomic E-state index is 0.0737. The molecule has 244 valence electrons. The van der Waals surface area contributed by atoms with E-state index < -0.39 is 42.6 Å². The molecule has 3 rings (SSSR count). The highest BCUT2D eigenvalue weighted by atomic mass is 16.7. The van der Waals surface area contributed by atoms with Crippen LogP contribution in [0.5, 0.6) is 11.5 Å². The molecule has 15 nitrogen and oxygen atoms in total. The third-order valence-electron chi connectivity index (χ3n) is 7.19. The van der Waals surface area contributed by atoms with Crippen molar-refractivity contribution in [1.82, 2.24) is 10.2 Å². The monoisotopic (exact) mass is 624 g/mol. The van der Waals surface area contributed by atoms with Crippen LogP contribution in [0.4, 0.5) is 0 Å². The van der Waals surface area contributed by atoms with Crippen LogP contribution in [0.3, 0.4) is 0 Å². The Morgan fingerprint density at radius 1 is 1.05 bits per heavy atom. The molecule has 0 bridgehead atoms. The van der Waals surface area contributed by atoms with Crippen LogP contribution in [0.1, 0.15) is 57.9 Å². The lowest BCUT2D eigenvalue weighted by atomic mass is 9.99. The van der Waals surface area contributed by atoms with Crippen molar-refractivity contribution in [3.8, 4) is 11.5 Å². The van der Waals surface area contributed by atoms with Gasteiger partial charge in [0.25, 0.3) is 0 Å². The van der Waals surface area contributed by atoms with E-state index in [4.69, 9.17) is 18.9 Å². The molecule has 1 aromatic carbocycles. The lowest BCUT2D eigenvalue weighted by Crippen LogP contribution is -2.61. The Labute approximate surface area is 254 Å². The van der Waals surface area contributed by atoms with E-state index in [2.05, 4.69) is 5.32 Å². The number of esters is 1. The van der Waals surface area contributed by atoms with Gasteiger partial charge in [-0.05, 0) is 31.4 Å². The first-order chi connectivity index (χ1) is 20.9. The van der Waals surface area contributed by atoms with Crippen LogP contribution >= 0.6 is 0 Å². The van der Waals surface area contributed by atoms with Gasteiger partial charge < -0.3 is 44.7 Å². The maximum atomic E-state index is 12.2. The Balaban J connectivity index is 1.44. The summed E-state index contributed by atoms with van der Waals surface area (Å²) < 4.78 is 21.6. The van der Waals surface area contributed by atoms with E-state index in [9.17, 15) is 44.4 Å². The number of benzene rings is 1. The highest BCUT2D eigenvalue weighted by molar-refractivity contribution is 6.03. The third kappa shape index (κ3) is 9.61. The van der Waals surface area contributed by atoms with Gasteiger partial charge in [0.05, 0.1) is 6.61 Å². The van der Waals surface area contributed by atoms with Crippen LogP contribution in [0, 0.1) is 5.92 Å². The number of unbranched alkanes of at least 4 members (excludes halogenated alkanes) is 2. The summed E-state index contributed by atoms with van der Waals surface area (Å²) in [5, 5.41) is 42.2. The number of likely N-dealkylation sites (tertiary alicyclic amines) is 1. The predicted octanol–water partition coefficient (Wildman–Crippen LogP) is -0.139. The molecule has 2 saturated heterocycles. The van der Waals surface area contributed by atoms with E-state index in [-0.39, 0.29) is 54.8 Å². The van der Waals surface area contributed by atoms with Gasteiger partial charge in [0, 0.05) is 50.4 Å². The third-order valence-corrected chi connectivity index (χ3v) is 7.19. The van der Waals surface area contributed by atoms with Crippen molar-refractivity contribution in [1.29, 1.82) is 0 Å². The smallest absolute Gasteiger partial charge is 0.335 e. The Kier molecular flexibility index (Phi) is 12.9. The van der Waals surface area contributed by atoms with Crippen LogP contribution in [0.15, 0.2) is 18.2 Å². The first-order valence-electron chi connectivity index (χ1n) is 14.5. The first-order valence-corrected chi connectivity index (χ1v) is 14.5. The van der Waals surface area contributed by atoms with Gasteiger partial charge in [-0.1, -0.05) is 13.3 Å². The molecule has 2 aliphatic rings. The van der Waals surface area contributed by atoms with Gasteiger partial charge in [-0.2, -0.15) is 0 Å². The molecule has 2 fully saturated rings. The van der Waals surface area contributed by atoms with E-state index in [0.29, 0.717) is 50.8 Å². The molecule has 44 heavy (non-hydrogen) atoms. The molecule has 0 aliphatic carbocycles. The number of carboxylic acid groups (broad SMARTS) is 1. The van der Waals surface area contributed by atoms with Gasteiger partial charge >= 0.3 is 11.9 Å². The molecule has 1 aromatic rings. The Bertz CT molecular complexity index is 1190. The highest BCUT2D eigenvalue weighted by Crippen LogP contribution is 2.30. The number of amides is 3. The maximum Gasteiger partial charge on any atom is 0.335 e. The summed E-state index contributed by atoms with van der Waals surface area (Å²) in [5.74, 6) is -2.43. The second kappa shape index (κ2) is 16.3. The molecule has 0 saturated carbocycles. The number of nitrogens with one attached hydrogen (secondary N) is 1. The van der Waals surface area contributed by atoms with Crippen molar-refractivity contribution in [2.24, 2.45) is 5.92 Å². The fraction of sp³-hybridized carbons (Fsp3) is 0.621. The second-order valence-electron chi connectivity index (χ2n) is 10.8. The Morgan fingerprint density at radius 2 is 1.80 bits per heavy atom. The molecule has 2 heterocycles. The molecule has 2 aliphatic heterocycles. The van der Waals surface area contributed by atoms with Crippen molar-refractivity contribution in [3.05, 3.63) is 23.8 Å². The number of ether oxygens (including phenoxy) is 4. The number of aliphatic carboxylic acids is 1. The minimum atomic E-state index is -1.87. The molecule has 0 radical (unpaired) electrons. The molecule has 1 unspecified atom stereocenters. The molecule has 0 spiro atoms. The zero-order valence-corrected chi connectivity index (χ0v) is 24.7. The molecular weight excluding hydrogens is 584 g/mol. The van der Waals surface area contributed by atoms with E-state index in [1.165, 1.54) is 30.0 Å². The van der Waals surface area contributed by atoms with Crippen LogP contribution in [-0.4, -0.2) is 105 Å². The van der Waals surface area contributed by atoms with Gasteiger partial charge in [0.15, 0.2) is 6.10 Å². The van der Waals surface area contributed by atoms with Gasteiger partial charge in [-0.15, -0.1) is 0 Å². The number of carboxylic acids is 1. The van der Waals surface area contributed by atoms with E-state index >= 15 is 0 Å². The number of aliphatic hydroxyl groups excluding tert-OH is 3. The van der Waals surface area contributed by atoms with Gasteiger partial charge in [0.2, 0.25) is 24.0 Å². The van der Waals surface area contributed by atoms with E-state index in [0.717, 1.165) is 0 Å². The van der Waals surface area contributed by atoms with Crippen molar-refractivity contribution in [2.75, 3.05) is 19.7 Å². The van der Waals surface area contributed by atoms with E-state index in [1.807, 2.05) is 0 Å². The van der Waals surface area contributed by atoms with Crippen molar-refractivity contribution in [3.63, 3.8) is 0 Å². The summed E-state index contributed by atoms with van der Waals surface area (Å²) in [5.41, 5.74) is 0.479. The minimum Gasteiger partial charge on any atom is -0.493 e. The number of aliphatic hydroxyl groups is 3. The Morgan fingerprint density at radius 3 is 2.45 bits per heavy atom. The highest BCUT2D eigenvalue weighted by Gasteiger charge is 2.48. The summed E-state index contributed by atoms with van der Waals surface area (Å²) in [6.07, 6.45) is -5.97. The molecule has 15 heteroatoms. The number of carbonyl (C=O) groups excluding carboxylic acids is 4. The number of nitrogens with zero attached hydrogens (tertiary/aromatic N) is 1. The summed E-state index contributed by atoms with van der Waals surface area (Å²) in [6, 6.07) is 4.38. The van der Waals surface area contributed by atoms with Gasteiger partial charge in [-0.25, -0.2) is 4.79 Å². The molecule has 5 N–H and O–H groups in total. The fourth-order valence-corrected chi connectivity index (χ4v) is 4.71. The fourth-order valence-electron chi connectivity index (χ4n) is 4.71. The molecular formula is C29H40N2O13. The van der Waals surface area contributed by atoms with Gasteiger partial charge in [-0.3, -0.25) is 24.1 Å². The molecule has 6 atom stereocenters. The van der Waals surface area contributed by atoms with Crippen molar-refractivity contribution >= 4 is 29.7 Å². The first kappa shape index (κ1) is 34.7. The summed E-state index contributed by atoms with van der Waals surface area (Å²) in [6.45, 7) is 3.71. The van der Waals surface area contributed by atoms with Gasteiger partial charge in [0.1, 0.15) is 36.4 Å². The number of hydrogen-bond acceptors (Lipinski definition) is 12. The maximum absolute atomic E-state index is 12.2. The van der Waals surface area contributed by atoms with Crippen LogP contribution in [0.25, 0.3) is 0 Å². The Hall–Kier alpha value is -3.79. The average molecular weight is 625 g/mol. The number of carbonyl (C=O) groups is 5. The normalized spacial score (nSPS) is 25.1. The van der Waals surface area contributed by atoms with Crippen molar-refractivity contribution in [2.45, 2.75) is 89.7 Å². The largest absolute Gasteiger partial charge is 0.493 e. The van der Waals surface area contributed by atoms with E-state index in [1.54, 1.807) is 6.92 Å². The number of rotatable bonds is 16. The SMILES string of the molecule is CC(=O)OCc1ccc(O[C@@H]2O[C@H](C(=O)O)[C@@H](O)[C@H](O)[C@H]2O)cc1OCCCNC(=O)CCCCCN1C(=O)CC(C)C1=O. The molecule has 3 amide bonds. The van der Waals surface area contributed by atoms with Crippen LogP contribution in [-0.2, 0) is 40.1 Å². The van der Waals surface area contributed by atoms with Crippen molar-refractivity contribution < 1.29 is 63.3 Å². The van der Waals surface area contributed by atoms with Crippen LogP contribution in [0.2, 0.25) is 0 Å². The zero-order chi connectivity index (χ0) is 32.4. The zero-order valence-electron chi connectivity index (χ0n) is 24.7. The summed E-state index contributed by atoms with van der Waals surface area (Å²) >= 11 is 0. The summed E-state index contributed by atoms with van der Waals surface area (Å²) in [7, 11) is 0. The lowest BCUT2D eigenvalue weighted by molar-refractivity contribution is -0.271. The standard InChI is InChI=1S/C29H40N2O13/c1-16-13-22(34)31(27(16)38)11-5-3-4-7-21(33)30-10-6-12-41-20-14-19(9-8-18(20)15-42-17(2)32)43-29-25(37)23(35)24(36)26(44-29)28(39)40/h8-9,14,16,23-26,29,35-37H,3-7,10-13,15H2,1-2H3,(H,30,33)(H,39,40)/t16?,23-,24-,25+,26-,29+/m0/s1. The topological polar surface area (TPSA) is 218 Å².